The van der Waals surface area contributed by atoms with Gasteiger partial charge in [-0.05, 0) is 50.1 Å². The van der Waals surface area contributed by atoms with E-state index in [1.807, 2.05) is 32.0 Å². The molecule has 0 aliphatic carbocycles. The molecule has 1 unspecified atom stereocenters. The van der Waals surface area contributed by atoms with Crippen LogP contribution < -0.4 is 5.32 Å². The third kappa shape index (κ3) is 2.86. The fourth-order valence-electron chi connectivity index (χ4n) is 1.85. The summed E-state index contributed by atoms with van der Waals surface area (Å²) in [6, 6.07) is 9.28. The molecule has 2 rings (SSSR count). The second-order valence-corrected chi connectivity index (χ2v) is 4.56. The average molecular weight is 244 g/mol. The third-order valence-electron chi connectivity index (χ3n) is 2.98. The second kappa shape index (κ2) is 5.17. The lowest BCUT2D eigenvalue weighted by Gasteiger charge is -2.16. The van der Waals surface area contributed by atoms with Crippen molar-refractivity contribution in [2.75, 3.05) is 5.32 Å². The molecule has 0 aliphatic heterocycles. The van der Waals surface area contributed by atoms with Crippen molar-refractivity contribution in [1.82, 2.24) is 4.98 Å². The van der Waals surface area contributed by atoms with Crippen LogP contribution in [0.5, 0.6) is 0 Å². The Morgan fingerprint density at radius 3 is 2.61 bits per heavy atom. The van der Waals surface area contributed by atoms with E-state index in [0.717, 1.165) is 16.9 Å². The van der Waals surface area contributed by atoms with Gasteiger partial charge in [-0.25, -0.2) is 4.39 Å². The van der Waals surface area contributed by atoms with Crippen molar-refractivity contribution < 1.29 is 4.39 Å². The van der Waals surface area contributed by atoms with Crippen molar-refractivity contribution in [3.8, 4) is 0 Å². The van der Waals surface area contributed by atoms with Crippen molar-refractivity contribution >= 4 is 5.69 Å². The van der Waals surface area contributed by atoms with Gasteiger partial charge in [0.15, 0.2) is 0 Å². The molecule has 0 radical (unpaired) electrons. The van der Waals surface area contributed by atoms with Gasteiger partial charge < -0.3 is 5.32 Å². The average Bonchev–Trinajstić information content (AvgIpc) is 2.32. The Kier molecular flexibility index (Phi) is 3.60. The Bertz CT molecular complexity index is 552. The van der Waals surface area contributed by atoms with Crippen molar-refractivity contribution in [2.24, 2.45) is 0 Å². The van der Waals surface area contributed by atoms with Crippen molar-refractivity contribution in [1.29, 1.82) is 0 Å². The number of pyridine rings is 1. The number of hydrogen-bond donors (Lipinski definition) is 1. The van der Waals surface area contributed by atoms with E-state index in [1.54, 1.807) is 25.3 Å². The normalized spacial score (nSPS) is 12.2. The quantitative estimate of drug-likeness (QED) is 0.882. The molecule has 0 spiro atoms. The van der Waals surface area contributed by atoms with Gasteiger partial charge in [-0.15, -0.1) is 0 Å². The van der Waals surface area contributed by atoms with Gasteiger partial charge in [-0.3, -0.25) is 4.98 Å². The molecule has 18 heavy (non-hydrogen) atoms. The highest BCUT2D eigenvalue weighted by Crippen LogP contribution is 2.21. The summed E-state index contributed by atoms with van der Waals surface area (Å²) in [6.07, 6.45) is 1.76. The number of benzene rings is 1. The number of rotatable bonds is 3. The number of anilines is 1. The molecule has 2 nitrogen and oxygen atoms in total. The van der Waals surface area contributed by atoms with E-state index in [1.165, 1.54) is 0 Å². The predicted octanol–water partition coefficient (Wildman–Crippen LogP) is 4.01. The number of halogens is 1. The molecule has 1 N–H and O–H groups in total. The summed E-state index contributed by atoms with van der Waals surface area (Å²) in [5.41, 5.74) is 3.57. The lowest BCUT2D eigenvalue weighted by molar-refractivity contribution is 0.614. The zero-order valence-corrected chi connectivity index (χ0v) is 10.9. The molecule has 0 fully saturated rings. The van der Waals surface area contributed by atoms with Crippen LogP contribution in [0.15, 0.2) is 36.5 Å². The summed E-state index contributed by atoms with van der Waals surface area (Å²) < 4.78 is 13.5. The fraction of sp³-hybridized carbons (Fsp3) is 0.267. The van der Waals surface area contributed by atoms with Gasteiger partial charge >= 0.3 is 0 Å². The highest BCUT2D eigenvalue weighted by molar-refractivity contribution is 5.45. The van der Waals surface area contributed by atoms with E-state index in [2.05, 4.69) is 10.3 Å². The van der Waals surface area contributed by atoms with Crippen molar-refractivity contribution in [2.45, 2.75) is 26.8 Å². The molecule has 1 aromatic carbocycles. The van der Waals surface area contributed by atoms with Crippen LogP contribution in [0.3, 0.4) is 0 Å². The first-order chi connectivity index (χ1) is 8.56. The highest BCUT2D eigenvalue weighted by Gasteiger charge is 2.07. The molecule has 2 aromatic rings. The lowest BCUT2D eigenvalue weighted by Crippen LogP contribution is -2.07. The van der Waals surface area contributed by atoms with Crippen LogP contribution in [-0.4, -0.2) is 4.98 Å². The molecule has 1 aromatic heterocycles. The van der Waals surface area contributed by atoms with Crippen LogP contribution >= 0.6 is 0 Å². The van der Waals surface area contributed by atoms with Crippen molar-refractivity contribution in [3.05, 3.63) is 59.2 Å². The second-order valence-electron chi connectivity index (χ2n) is 4.56. The van der Waals surface area contributed by atoms with Crippen molar-refractivity contribution in [3.63, 3.8) is 0 Å². The highest BCUT2D eigenvalue weighted by atomic mass is 19.1. The number of hydrogen-bond acceptors (Lipinski definition) is 2. The summed E-state index contributed by atoms with van der Waals surface area (Å²) in [6.45, 7) is 5.73. The molecule has 0 saturated carbocycles. The van der Waals surface area contributed by atoms with E-state index >= 15 is 0 Å². The molecule has 0 saturated heterocycles. The largest absolute Gasteiger partial charge is 0.378 e. The topological polar surface area (TPSA) is 24.9 Å². The van der Waals surface area contributed by atoms with Gasteiger partial charge in [-0.1, -0.05) is 12.1 Å². The maximum absolute atomic E-state index is 13.5. The Labute approximate surface area is 107 Å². The smallest absolute Gasteiger partial charge is 0.126 e. The number of aromatic nitrogens is 1. The maximum Gasteiger partial charge on any atom is 0.126 e. The molecule has 1 heterocycles. The summed E-state index contributed by atoms with van der Waals surface area (Å²) >= 11 is 0. The van der Waals surface area contributed by atoms with Crippen LogP contribution in [0.25, 0.3) is 0 Å². The minimum Gasteiger partial charge on any atom is -0.378 e. The monoisotopic (exact) mass is 244 g/mol. The summed E-state index contributed by atoms with van der Waals surface area (Å²) in [7, 11) is 0. The van der Waals surface area contributed by atoms with E-state index in [4.69, 9.17) is 0 Å². The van der Waals surface area contributed by atoms with Gasteiger partial charge in [0.05, 0.1) is 0 Å². The van der Waals surface area contributed by atoms with Gasteiger partial charge in [0.1, 0.15) is 5.82 Å². The standard InChI is InChI=1S/C15H17FN2/c1-10-4-5-13(9-15(10)16)12(3)18-14-6-7-17-11(2)8-14/h4-9,12H,1-3H3,(H,17,18). The summed E-state index contributed by atoms with van der Waals surface area (Å²) in [5, 5.41) is 3.34. The summed E-state index contributed by atoms with van der Waals surface area (Å²) in [4.78, 5) is 4.15. The number of nitrogens with zero attached hydrogens (tertiary/aromatic N) is 1. The maximum atomic E-state index is 13.5. The Morgan fingerprint density at radius 1 is 1.17 bits per heavy atom. The van der Waals surface area contributed by atoms with Crippen LogP contribution in [0.4, 0.5) is 10.1 Å². The van der Waals surface area contributed by atoms with Crippen LogP contribution in [0, 0.1) is 19.7 Å². The molecular formula is C15H17FN2. The molecule has 94 valence electrons. The Balaban J connectivity index is 2.16. The first-order valence-electron chi connectivity index (χ1n) is 6.01. The summed E-state index contributed by atoms with van der Waals surface area (Å²) in [5.74, 6) is -0.160. The molecule has 0 aliphatic rings. The third-order valence-corrected chi connectivity index (χ3v) is 2.98. The SMILES string of the molecule is Cc1cc(NC(C)c2ccc(C)c(F)c2)ccn1. The van der Waals surface area contributed by atoms with E-state index in [9.17, 15) is 4.39 Å². The Morgan fingerprint density at radius 2 is 1.94 bits per heavy atom. The molecule has 0 amide bonds. The molecule has 3 heteroatoms. The zero-order chi connectivity index (χ0) is 13.1. The van der Waals surface area contributed by atoms with E-state index in [-0.39, 0.29) is 11.9 Å². The van der Waals surface area contributed by atoms with Crippen LogP contribution in [-0.2, 0) is 0 Å². The molecule has 1 atom stereocenters. The van der Waals surface area contributed by atoms with Gasteiger partial charge in [0.2, 0.25) is 0 Å². The van der Waals surface area contributed by atoms with Crippen LogP contribution in [0.1, 0.15) is 29.8 Å². The minimum atomic E-state index is -0.160. The molecule has 0 bridgehead atoms. The first kappa shape index (κ1) is 12.6. The van der Waals surface area contributed by atoms with Gasteiger partial charge in [0, 0.05) is 23.6 Å². The lowest BCUT2D eigenvalue weighted by atomic mass is 10.1. The van der Waals surface area contributed by atoms with Crippen LogP contribution in [0.2, 0.25) is 0 Å². The first-order valence-corrected chi connectivity index (χ1v) is 6.01. The minimum absolute atomic E-state index is 0.0573. The van der Waals surface area contributed by atoms with E-state index < -0.39 is 0 Å². The predicted molar refractivity (Wildman–Crippen MR) is 72.1 cm³/mol. The molecular weight excluding hydrogens is 227 g/mol. The number of aryl methyl sites for hydroxylation is 2. The van der Waals surface area contributed by atoms with Gasteiger partial charge in [-0.2, -0.15) is 0 Å². The number of nitrogens with one attached hydrogen (secondary N) is 1. The van der Waals surface area contributed by atoms with Gasteiger partial charge in [0.25, 0.3) is 0 Å². The zero-order valence-electron chi connectivity index (χ0n) is 10.9. The fourth-order valence-corrected chi connectivity index (χ4v) is 1.85. The van der Waals surface area contributed by atoms with E-state index in [0.29, 0.717) is 5.56 Å². The Hall–Kier alpha value is -1.90.